The summed E-state index contributed by atoms with van der Waals surface area (Å²) in [6.45, 7) is 4.36. The number of nitrogens with one attached hydrogen (secondary N) is 1. The Morgan fingerprint density at radius 1 is 1.04 bits per heavy atom. The molecular formula is C18H31ClN2O3. The van der Waals surface area contributed by atoms with Crippen LogP contribution in [0.25, 0.3) is 0 Å². The summed E-state index contributed by atoms with van der Waals surface area (Å²) in [5.74, 6) is 2.97. The van der Waals surface area contributed by atoms with Gasteiger partial charge in [0.05, 0.1) is 21.3 Å². The zero-order valence-corrected chi connectivity index (χ0v) is 16.1. The second-order valence-electron chi connectivity index (χ2n) is 6.15. The third-order valence-corrected chi connectivity index (χ3v) is 4.64. The Balaban J connectivity index is 0.00000288. The van der Waals surface area contributed by atoms with Crippen molar-refractivity contribution in [1.82, 2.24) is 10.2 Å². The Hall–Kier alpha value is -1.17. The Labute approximate surface area is 152 Å². The zero-order valence-electron chi connectivity index (χ0n) is 15.3. The molecule has 0 bridgehead atoms. The van der Waals surface area contributed by atoms with Crippen LogP contribution in [0, 0.1) is 5.92 Å². The molecule has 0 unspecified atom stereocenters. The van der Waals surface area contributed by atoms with Gasteiger partial charge in [-0.05, 0) is 69.6 Å². The van der Waals surface area contributed by atoms with Gasteiger partial charge >= 0.3 is 0 Å². The van der Waals surface area contributed by atoms with Crippen LogP contribution in [-0.2, 0) is 6.54 Å². The van der Waals surface area contributed by atoms with E-state index >= 15 is 0 Å². The summed E-state index contributed by atoms with van der Waals surface area (Å²) in [6, 6.07) is 4.10. The van der Waals surface area contributed by atoms with E-state index < -0.39 is 0 Å². The molecule has 0 aromatic heterocycles. The first-order valence-corrected chi connectivity index (χ1v) is 8.37. The third kappa shape index (κ3) is 5.43. The molecule has 1 heterocycles. The number of halogens is 1. The molecule has 0 amide bonds. The molecule has 0 aliphatic carbocycles. The summed E-state index contributed by atoms with van der Waals surface area (Å²) in [4.78, 5) is 2.51. The van der Waals surface area contributed by atoms with Crippen LogP contribution in [0.5, 0.6) is 17.2 Å². The minimum atomic E-state index is 0. The van der Waals surface area contributed by atoms with Crippen molar-refractivity contribution < 1.29 is 14.2 Å². The average Bonchev–Trinajstić information content (AvgIpc) is 2.60. The third-order valence-electron chi connectivity index (χ3n) is 4.64. The van der Waals surface area contributed by atoms with E-state index in [4.69, 9.17) is 14.2 Å². The Kier molecular flexibility index (Phi) is 9.26. The lowest BCUT2D eigenvalue weighted by Crippen LogP contribution is -2.34. The molecule has 1 aromatic rings. The predicted octanol–water partition coefficient (Wildman–Crippen LogP) is 2.96. The maximum absolute atomic E-state index is 5.44. The molecule has 1 aliphatic rings. The Morgan fingerprint density at radius 2 is 1.62 bits per heavy atom. The summed E-state index contributed by atoms with van der Waals surface area (Å²) >= 11 is 0. The standard InChI is InChI=1S/C18H30N2O3.ClH/c1-19-8-5-14-6-9-20(10-7-14)13-15-11-16(21-2)18(23-4)17(12-15)22-3;/h11-12,14,19H,5-10,13H2,1-4H3;1H. The van der Waals surface area contributed by atoms with Gasteiger partial charge in [0.2, 0.25) is 5.75 Å². The monoisotopic (exact) mass is 358 g/mol. The van der Waals surface area contributed by atoms with Gasteiger partial charge in [-0.3, -0.25) is 4.90 Å². The van der Waals surface area contributed by atoms with Crippen molar-refractivity contribution >= 4 is 12.4 Å². The number of nitrogens with zero attached hydrogens (tertiary/aromatic N) is 1. The van der Waals surface area contributed by atoms with Crippen molar-refractivity contribution in [1.29, 1.82) is 0 Å². The molecule has 0 spiro atoms. The number of hydrogen-bond donors (Lipinski definition) is 1. The highest BCUT2D eigenvalue weighted by Crippen LogP contribution is 2.38. The van der Waals surface area contributed by atoms with Crippen molar-refractivity contribution in [2.24, 2.45) is 5.92 Å². The number of rotatable bonds is 8. The minimum Gasteiger partial charge on any atom is -0.493 e. The molecular weight excluding hydrogens is 328 g/mol. The van der Waals surface area contributed by atoms with Crippen molar-refractivity contribution in [3.05, 3.63) is 17.7 Å². The number of methoxy groups -OCH3 is 3. The summed E-state index contributed by atoms with van der Waals surface area (Å²) in [6.07, 6.45) is 3.85. The van der Waals surface area contributed by atoms with Crippen molar-refractivity contribution in [2.45, 2.75) is 25.8 Å². The van der Waals surface area contributed by atoms with Crippen molar-refractivity contribution in [2.75, 3.05) is 48.0 Å². The van der Waals surface area contributed by atoms with Crippen LogP contribution in [0.1, 0.15) is 24.8 Å². The molecule has 0 saturated carbocycles. The van der Waals surface area contributed by atoms with E-state index in [1.165, 1.54) is 24.8 Å². The lowest BCUT2D eigenvalue weighted by molar-refractivity contribution is 0.172. The summed E-state index contributed by atoms with van der Waals surface area (Å²) in [5, 5.41) is 3.25. The SMILES string of the molecule is CNCCC1CCN(Cc2cc(OC)c(OC)c(OC)c2)CC1.Cl. The average molecular weight is 359 g/mol. The van der Waals surface area contributed by atoms with E-state index in [0.717, 1.165) is 43.6 Å². The van der Waals surface area contributed by atoms with E-state index in [2.05, 4.69) is 22.3 Å². The van der Waals surface area contributed by atoms with Gasteiger partial charge in [-0.1, -0.05) is 0 Å². The first kappa shape index (κ1) is 20.9. The molecule has 1 saturated heterocycles. The molecule has 1 aromatic carbocycles. The molecule has 6 heteroatoms. The lowest BCUT2D eigenvalue weighted by atomic mass is 9.93. The largest absolute Gasteiger partial charge is 0.493 e. The topological polar surface area (TPSA) is 43.0 Å². The van der Waals surface area contributed by atoms with Gasteiger partial charge in [0.25, 0.3) is 0 Å². The number of ether oxygens (including phenoxy) is 3. The first-order chi connectivity index (χ1) is 11.2. The first-order valence-electron chi connectivity index (χ1n) is 8.37. The zero-order chi connectivity index (χ0) is 16.7. The van der Waals surface area contributed by atoms with Gasteiger partial charge in [0.1, 0.15) is 0 Å². The Bertz CT molecular complexity index is 466. The number of hydrogen-bond acceptors (Lipinski definition) is 5. The van der Waals surface area contributed by atoms with Gasteiger partial charge in [-0.2, -0.15) is 0 Å². The second kappa shape index (κ2) is 10.6. The fourth-order valence-electron chi connectivity index (χ4n) is 3.27. The normalized spacial score (nSPS) is 15.7. The van der Waals surface area contributed by atoms with Crippen LogP contribution in [0.3, 0.4) is 0 Å². The van der Waals surface area contributed by atoms with Gasteiger partial charge < -0.3 is 19.5 Å². The fraction of sp³-hybridized carbons (Fsp3) is 0.667. The highest BCUT2D eigenvalue weighted by Gasteiger charge is 2.20. The molecule has 0 radical (unpaired) electrons. The molecule has 2 rings (SSSR count). The van der Waals surface area contributed by atoms with Gasteiger partial charge in [-0.25, -0.2) is 0 Å². The van der Waals surface area contributed by atoms with E-state index in [9.17, 15) is 0 Å². The molecule has 138 valence electrons. The maximum Gasteiger partial charge on any atom is 0.203 e. The second-order valence-corrected chi connectivity index (χ2v) is 6.15. The van der Waals surface area contributed by atoms with Crippen molar-refractivity contribution in [3.63, 3.8) is 0 Å². The van der Waals surface area contributed by atoms with Crippen LogP contribution in [0.4, 0.5) is 0 Å². The molecule has 1 aliphatic heterocycles. The van der Waals surface area contributed by atoms with E-state index in [0.29, 0.717) is 5.75 Å². The maximum atomic E-state index is 5.44. The van der Waals surface area contributed by atoms with E-state index in [1.807, 2.05) is 7.05 Å². The van der Waals surface area contributed by atoms with Gasteiger partial charge in [0, 0.05) is 6.54 Å². The minimum absolute atomic E-state index is 0. The number of piperidine rings is 1. The lowest BCUT2D eigenvalue weighted by Gasteiger charge is -2.32. The quantitative estimate of drug-likeness (QED) is 0.774. The molecule has 1 N–H and O–H groups in total. The van der Waals surface area contributed by atoms with E-state index in [-0.39, 0.29) is 12.4 Å². The number of benzene rings is 1. The Morgan fingerprint density at radius 3 is 2.08 bits per heavy atom. The number of likely N-dealkylation sites (tertiary alicyclic amines) is 1. The smallest absolute Gasteiger partial charge is 0.203 e. The highest BCUT2D eigenvalue weighted by atomic mass is 35.5. The molecule has 5 nitrogen and oxygen atoms in total. The summed E-state index contributed by atoms with van der Waals surface area (Å²) in [7, 11) is 6.98. The van der Waals surface area contributed by atoms with Gasteiger partial charge in [-0.15, -0.1) is 12.4 Å². The predicted molar refractivity (Wildman–Crippen MR) is 99.9 cm³/mol. The van der Waals surface area contributed by atoms with Crippen LogP contribution in [0.15, 0.2) is 12.1 Å². The summed E-state index contributed by atoms with van der Waals surface area (Å²) in [5.41, 5.74) is 1.20. The fourth-order valence-corrected chi connectivity index (χ4v) is 3.27. The molecule has 24 heavy (non-hydrogen) atoms. The van der Waals surface area contributed by atoms with Crippen LogP contribution < -0.4 is 19.5 Å². The summed E-state index contributed by atoms with van der Waals surface area (Å²) < 4.78 is 16.3. The van der Waals surface area contributed by atoms with Crippen LogP contribution >= 0.6 is 12.4 Å². The van der Waals surface area contributed by atoms with Gasteiger partial charge in [0.15, 0.2) is 11.5 Å². The van der Waals surface area contributed by atoms with Crippen LogP contribution in [0.2, 0.25) is 0 Å². The highest BCUT2D eigenvalue weighted by molar-refractivity contribution is 5.85. The van der Waals surface area contributed by atoms with E-state index in [1.54, 1.807) is 21.3 Å². The van der Waals surface area contributed by atoms with Crippen molar-refractivity contribution in [3.8, 4) is 17.2 Å². The van der Waals surface area contributed by atoms with Crippen LogP contribution in [-0.4, -0.2) is 52.9 Å². The molecule has 0 atom stereocenters. The molecule has 1 fully saturated rings.